The molecular formula is C24H29N5O4S. The highest BCUT2D eigenvalue weighted by Gasteiger charge is 2.36. The predicted octanol–water partition coefficient (Wildman–Crippen LogP) is 3.04. The highest BCUT2D eigenvalue weighted by atomic mass is 32.2. The largest absolute Gasteiger partial charge is 0.484 e. The van der Waals surface area contributed by atoms with Crippen LogP contribution in [0.3, 0.4) is 0 Å². The Labute approximate surface area is 202 Å². The van der Waals surface area contributed by atoms with Gasteiger partial charge in [-0.15, -0.1) is 5.10 Å². The molecule has 5 rings (SSSR count). The molecule has 0 spiro atoms. The summed E-state index contributed by atoms with van der Waals surface area (Å²) in [6, 6.07) is 7.26. The molecule has 180 valence electrons. The van der Waals surface area contributed by atoms with E-state index in [1.807, 2.05) is 28.9 Å². The number of Topliss-reactive ketones (excluding diaryl/α,β-unsaturated/α-hetero) is 1. The molecule has 0 radical (unpaired) electrons. The number of hydrogen-bond acceptors (Lipinski definition) is 8. The number of ketones is 1. The van der Waals surface area contributed by atoms with Crippen LogP contribution in [0.5, 0.6) is 5.75 Å². The smallest absolute Gasteiger partial charge is 0.260 e. The number of benzene rings is 1. The maximum absolute atomic E-state index is 13.0. The molecule has 1 saturated heterocycles. The van der Waals surface area contributed by atoms with E-state index in [0.717, 1.165) is 41.8 Å². The van der Waals surface area contributed by atoms with Crippen molar-refractivity contribution in [3.8, 4) is 5.75 Å². The quantitative estimate of drug-likeness (QED) is 0.600. The number of allylic oxidation sites excluding steroid dienone is 2. The van der Waals surface area contributed by atoms with Gasteiger partial charge >= 0.3 is 0 Å². The highest BCUT2D eigenvalue weighted by Crippen LogP contribution is 2.40. The van der Waals surface area contributed by atoms with Gasteiger partial charge in [-0.25, -0.2) is 4.68 Å². The van der Waals surface area contributed by atoms with Crippen molar-refractivity contribution in [3.05, 3.63) is 41.1 Å². The van der Waals surface area contributed by atoms with E-state index in [0.29, 0.717) is 49.6 Å². The lowest BCUT2D eigenvalue weighted by Crippen LogP contribution is -2.42. The van der Waals surface area contributed by atoms with Crippen LogP contribution in [-0.2, 0) is 14.3 Å². The zero-order valence-electron chi connectivity index (χ0n) is 19.3. The first-order valence-electron chi connectivity index (χ1n) is 11.8. The van der Waals surface area contributed by atoms with E-state index in [1.54, 1.807) is 16.7 Å². The molecule has 3 aliphatic rings. The molecule has 1 aliphatic carbocycles. The first-order chi connectivity index (χ1) is 16.6. The van der Waals surface area contributed by atoms with Gasteiger partial charge in [0.25, 0.3) is 5.91 Å². The summed E-state index contributed by atoms with van der Waals surface area (Å²) in [6.45, 7) is 4.45. The van der Waals surface area contributed by atoms with E-state index in [1.165, 1.54) is 0 Å². The Morgan fingerprint density at radius 3 is 2.79 bits per heavy atom. The number of rotatable bonds is 7. The first-order valence-corrected chi connectivity index (χ1v) is 12.8. The van der Waals surface area contributed by atoms with Gasteiger partial charge in [-0.3, -0.25) is 9.59 Å². The van der Waals surface area contributed by atoms with Crippen molar-refractivity contribution in [1.82, 2.24) is 19.7 Å². The molecule has 0 saturated carbocycles. The second-order valence-corrected chi connectivity index (χ2v) is 9.62. The van der Waals surface area contributed by atoms with Crippen molar-refractivity contribution in [2.24, 2.45) is 0 Å². The van der Waals surface area contributed by atoms with Crippen LogP contribution >= 0.6 is 11.8 Å². The summed E-state index contributed by atoms with van der Waals surface area (Å²) >= 11 is 1.62. The molecule has 0 bridgehead atoms. The van der Waals surface area contributed by atoms with Gasteiger partial charge in [0.15, 0.2) is 12.4 Å². The van der Waals surface area contributed by atoms with Crippen molar-refractivity contribution in [3.63, 3.8) is 0 Å². The molecule has 2 aromatic rings. The van der Waals surface area contributed by atoms with Crippen LogP contribution in [0, 0.1) is 0 Å². The Morgan fingerprint density at radius 1 is 1.24 bits per heavy atom. The molecule has 1 atom stereocenters. The number of hydrogen-bond donors (Lipinski definition) is 1. The Hall–Kier alpha value is -2.85. The minimum absolute atomic E-state index is 0.00822. The number of aromatic nitrogens is 3. The second-order valence-electron chi connectivity index (χ2n) is 8.56. The van der Waals surface area contributed by atoms with Gasteiger partial charge < -0.3 is 19.7 Å². The molecule has 10 heteroatoms. The fourth-order valence-corrected chi connectivity index (χ4v) is 5.18. The lowest BCUT2D eigenvalue weighted by atomic mass is 9.85. The van der Waals surface area contributed by atoms with Gasteiger partial charge in [0, 0.05) is 36.5 Å². The third-order valence-corrected chi connectivity index (χ3v) is 7.25. The van der Waals surface area contributed by atoms with Gasteiger partial charge in [0.05, 0.1) is 13.2 Å². The van der Waals surface area contributed by atoms with E-state index in [9.17, 15) is 9.59 Å². The summed E-state index contributed by atoms with van der Waals surface area (Å²) in [6.07, 6.45) is 3.25. The Bertz CT molecular complexity index is 1090. The number of amides is 1. The van der Waals surface area contributed by atoms with E-state index >= 15 is 0 Å². The number of morpholine rings is 1. The number of anilines is 1. The van der Waals surface area contributed by atoms with Crippen LogP contribution in [0.2, 0.25) is 0 Å². The van der Waals surface area contributed by atoms with Gasteiger partial charge in [0.2, 0.25) is 11.1 Å². The van der Waals surface area contributed by atoms with Crippen molar-refractivity contribution in [2.75, 3.05) is 44.0 Å². The van der Waals surface area contributed by atoms with E-state index in [2.05, 4.69) is 17.2 Å². The summed E-state index contributed by atoms with van der Waals surface area (Å²) in [5, 5.41) is 8.80. The normalized spacial score (nSPS) is 20.0. The molecule has 34 heavy (non-hydrogen) atoms. The number of thioether (sulfide) groups is 1. The summed E-state index contributed by atoms with van der Waals surface area (Å²) in [7, 11) is 0. The molecule has 1 fully saturated rings. The molecule has 1 aromatic carbocycles. The average Bonchev–Trinajstić information content (AvgIpc) is 3.28. The predicted molar refractivity (Wildman–Crippen MR) is 128 cm³/mol. The summed E-state index contributed by atoms with van der Waals surface area (Å²) in [5.74, 6) is 2.34. The van der Waals surface area contributed by atoms with Gasteiger partial charge in [0.1, 0.15) is 11.8 Å². The Kier molecular flexibility index (Phi) is 6.87. The molecule has 3 heterocycles. The SMILES string of the molecule is CCCSc1nc2n(n1)C(c1ccc(OCC(=O)N3CCOCC3)cc1)C1=C(CCCC1=O)N2. The first kappa shape index (κ1) is 22.9. The Balaban J connectivity index is 1.36. The van der Waals surface area contributed by atoms with Crippen LogP contribution in [-0.4, -0.2) is 70.0 Å². The molecule has 1 aromatic heterocycles. The maximum atomic E-state index is 13.0. The van der Waals surface area contributed by atoms with Crippen LogP contribution in [0.1, 0.15) is 44.2 Å². The van der Waals surface area contributed by atoms with Crippen LogP contribution < -0.4 is 10.1 Å². The van der Waals surface area contributed by atoms with E-state index < -0.39 is 0 Å². The van der Waals surface area contributed by atoms with Gasteiger partial charge in [-0.05, 0) is 37.0 Å². The second kappa shape index (κ2) is 10.2. The Morgan fingerprint density at radius 2 is 2.03 bits per heavy atom. The number of ether oxygens (including phenoxy) is 2. The third kappa shape index (κ3) is 4.69. The fraction of sp³-hybridized carbons (Fsp3) is 0.500. The summed E-state index contributed by atoms with van der Waals surface area (Å²) in [4.78, 5) is 31.8. The van der Waals surface area contributed by atoms with Crippen molar-refractivity contribution < 1.29 is 19.1 Å². The van der Waals surface area contributed by atoms with Crippen molar-refractivity contribution in [2.45, 2.75) is 43.8 Å². The lowest BCUT2D eigenvalue weighted by molar-refractivity contribution is -0.137. The third-order valence-electron chi connectivity index (χ3n) is 6.21. The van der Waals surface area contributed by atoms with Crippen molar-refractivity contribution in [1.29, 1.82) is 0 Å². The standard InChI is InChI=1S/C24H29N5O4S/c1-2-14-34-24-26-23-25-18-4-3-5-19(30)21(18)22(29(23)27-24)16-6-8-17(9-7-16)33-15-20(31)28-10-12-32-13-11-28/h6-9,22H,2-5,10-15H2,1H3,(H,25,26,27). The van der Waals surface area contributed by atoms with E-state index in [4.69, 9.17) is 14.6 Å². The zero-order chi connectivity index (χ0) is 23.5. The van der Waals surface area contributed by atoms with Crippen LogP contribution in [0.15, 0.2) is 40.7 Å². The molecule has 1 unspecified atom stereocenters. The van der Waals surface area contributed by atoms with E-state index in [-0.39, 0.29) is 24.3 Å². The van der Waals surface area contributed by atoms with Gasteiger partial charge in [-0.1, -0.05) is 30.8 Å². The number of fused-ring (bicyclic) bond motifs is 1. The fourth-order valence-electron chi connectivity index (χ4n) is 4.49. The summed E-state index contributed by atoms with van der Waals surface area (Å²) in [5.41, 5.74) is 2.66. The van der Waals surface area contributed by atoms with Gasteiger partial charge in [-0.2, -0.15) is 4.98 Å². The average molecular weight is 484 g/mol. The lowest BCUT2D eigenvalue weighted by Gasteiger charge is -2.32. The number of nitrogens with one attached hydrogen (secondary N) is 1. The molecule has 9 nitrogen and oxygen atoms in total. The highest BCUT2D eigenvalue weighted by molar-refractivity contribution is 7.99. The molecule has 2 aliphatic heterocycles. The van der Waals surface area contributed by atoms with Crippen molar-refractivity contribution >= 4 is 29.4 Å². The monoisotopic (exact) mass is 483 g/mol. The maximum Gasteiger partial charge on any atom is 0.260 e. The molecule has 1 amide bonds. The number of nitrogens with zero attached hydrogens (tertiary/aromatic N) is 4. The minimum Gasteiger partial charge on any atom is -0.484 e. The zero-order valence-corrected chi connectivity index (χ0v) is 20.1. The molecule has 1 N–H and O–H groups in total. The van der Waals surface area contributed by atoms with Crippen LogP contribution in [0.4, 0.5) is 5.95 Å². The topological polar surface area (TPSA) is 98.6 Å². The minimum atomic E-state index is -0.327. The summed E-state index contributed by atoms with van der Waals surface area (Å²) < 4.78 is 12.9. The molecular weight excluding hydrogens is 454 g/mol. The number of carbonyl (C=O) groups is 2. The number of carbonyl (C=O) groups excluding carboxylic acids is 2. The van der Waals surface area contributed by atoms with Crippen LogP contribution in [0.25, 0.3) is 0 Å².